The van der Waals surface area contributed by atoms with E-state index in [2.05, 4.69) is 81.3 Å². The lowest BCUT2D eigenvalue weighted by molar-refractivity contribution is 0.122. The molecule has 0 atom stereocenters. The van der Waals surface area contributed by atoms with Gasteiger partial charge in [0.1, 0.15) is 0 Å². The molecule has 1 N–H and O–H groups in total. The van der Waals surface area contributed by atoms with Crippen LogP contribution in [0.25, 0.3) is 0 Å². The van der Waals surface area contributed by atoms with Crippen LogP contribution in [0.5, 0.6) is 0 Å². The van der Waals surface area contributed by atoms with E-state index >= 15 is 0 Å². The second kappa shape index (κ2) is 7.13. The van der Waals surface area contributed by atoms with Crippen molar-refractivity contribution in [2.24, 2.45) is 0 Å². The summed E-state index contributed by atoms with van der Waals surface area (Å²) in [5, 5.41) is 3.45. The van der Waals surface area contributed by atoms with E-state index in [0.717, 1.165) is 38.5 Å². The second-order valence-electron chi connectivity index (χ2n) is 5.13. The molecule has 0 saturated carbocycles. The number of anilines is 2. The average Bonchev–Trinajstić information content (AvgIpc) is 2.56. The van der Waals surface area contributed by atoms with Crippen LogP contribution in [0.15, 0.2) is 48.5 Å². The zero-order valence-electron chi connectivity index (χ0n) is 11.9. The van der Waals surface area contributed by atoms with Crippen molar-refractivity contribution >= 4 is 34.0 Å². The van der Waals surface area contributed by atoms with Gasteiger partial charge in [0.25, 0.3) is 0 Å². The number of benzene rings is 2. The van der Waals surface area contributed by atoms with Crippen LogP contribution in [0.4, 0.5) is 11.4 Å². The van der Waals surface area contributed by atoms with Crippen molar-refractivity contribution in [1.29, 1.82) is 0 Å². The molecule has 1 aliphatic rings. The lowest BCUT2D eigenvalue weighted by atomic mass is 10.2. The summed E-state index contributed by atoms with van der Waals surface area (Å²) in [6.45, 7) is 4.48. The first-order chi connectivity index (χ1) is 10.3. The summed E-state index contributed by atoms with van der Waals surface area (Å²) in [7, 11) is 0. The van der Waals surface area contributed by atoms with Crippen LogP contribution in [0, 0.1) is 3.57 Å². The predicted molar refractivity (Wildman–Crippen MR) is 96.0 cm³/mol. The van der Waals surface area contributed by atoms with Gasteiger partial charge >= 0.3 is 0 Å². The summed E-state index contributed by atoms with van der Waals surface area (Å²) >= 11 is 2.32. The van der Waals surface area contributed by atoms with Crippen LogP contribution in [-0.4, -0.2) is 26.3 Å². The molecule has 2 aromatic carbocycles. The number of nitrogens with one attached hydrogen (secondary N) is 1. The van der Waals surface area contributed by atoms with Crippen molar-refractivity contribution < 1.29 is 4.74 Å². The van der Waals surface area contributed by atoms with E-state index < -0.39 is 0 Å². The quantitative estimate of drug-likeness (QED) is 0.800. The number of morpholine rings is 1. The Kier molecular flexibility index (Phi) is 4.98. The van der Waals surface area contributed by atoms with E-state index in [0.29, 0.717) is 0 Å². The number of halogens is 1. The number of rotatable bonds is 4. The number of hydrogen-bond acceptors (Lipinski definition) is 3. The van der Waals surface area contributed by atoms with Crippen LogP contribution in [0.3, 0.4) is 0 Å². The van der Waals surface area contributed by atoms with Gasteiger partial charge in [0, 0.05) is 34.6 Å². The Bertz CT molecular complexity index is 562. The fraction of sp³-hybridized carbons (Fsp3) is 0.294. The summed E-state index contributed by atoms with van der Waals surface area (Å²) in [4.78, 5) is 2.37. The Morgan fingerprint density at radius 1 is 0.952 bits per heavy atom. The molecule has 2 aromatic rings. The third kappa shape index (κ3) is 4.11. The van der Waals surface area contributed by atoms with Crippen molar-refractivity contribution in [3.05, 3.63) is 57.7 Å². The molecule has 0 unspecified atom stereocenters. The van der Waals surface area contributed by atoms with Gasteiger partial charge in [-0.3, -0.25) is 0 Å². The third-order valence-electron chi connectivity index (χ3n) is 3.65. The highest BCUT2D eigenvalue weighted by molar-refractivity contribution is 14.1. The Morgan fingerprint density at radius 3 is 2.29 bits per heavy atom. The molecule has 0 spiro atoms. The van der Waals surface area contributed by atoms with Crippen molar-refractivity contribution in [2.75, 3.05) is 36.5 Å². The van der Waals surface area contributed by atoms with Gasteiger partial charge in [-0.25, -0.2) is 0 Å². The van der Waals surface area contributed by atoms with Crippen LogP contribution >= 0.6 is 22.6 Å². The first kappa shape index (κ1) is 14.7. The smallest absolute Gasteiger partial charge is 0.0642 e. The zero-order valence-corrected chi connectivity index (χ0v) is 14.0. The van der Waals surface area contributed by atoms with E-state index in [1.165, 1.54) is 14.8 Å². The van der Waals surface area contributed by atoms with Gasteiger partial charge in [0.15, 0.2) is 0 Å². The fourth-order valence-electron chi connectivity index (χ4n) is 2.42. The topological polar surface area (TPSA) is 24.5 Å². The standard InChI is InChI=1S/C17H19IN2O/c18-15-3-5-16(6-4-15)19-13-14-1-7-17(8-2-14)20-9-11-21-12-10-20/h1-8,19H,9-13H2. The zero-order chi connectivity index (χ0) is 14.5. The SMILES string of the molecule is Ic1ccc(NCc2ccc(N3CCOCC3)cc2)cc1. The summed E-state index contributed by atoms with van der Waals surface area (Å²) in [6.07, 6.45) is 0. The highest BCUT2D eigenvalue weighted by Gasteiger charge is 2.10. The molecule has 0 aliphatic carbocycles. The molecule has 0 amide bonds. The van der Waals surface area contributed by atoms with Crippen molar-refractivity contribution in [3.63, 3.8) is 0 Å². The Labute approximate surface area is 139 Å². The molecule has 1 saturated heterocycles. The van der Waals surface area contributed by atoms with E-state index in [1.54, 1.807) is 0 Å². The molecule has 21 heavy (non-hydrogen) atoms. The maximum absolute atomic E-state index is 5.39. The maximum atomic E-state index is 5.39. The first-order valence-electron chi connectivity index (χ1n) is 7.22. The number of hydrogen-bond donors (Lipinski definition) is 1. The highest BCUT2D eigenvalue weighted by Crippen LogP contribution is 2.18. The van der Waals surface area contributed by atoms with Crippen molar-refractivity contribution in [1.82, 2.24) is 0 Å². The molecule has 3 rings (SSSR count). The Hall–Kier alpha value is -1.27. The first-order valence-corrected chi connectivity index (χ1v) is 8.30. The van der Waals surface area contributed by atoms with Crippen LogP contribution < -0.4 is 10.2 Å². The van der Waals surface area contributed by atoms with E-state index in [1.807, 2.05) is 0 Å². The van der Waals surface area contributed by atoms with Gasteiger partial charge in [-0.15, -0.1) is 0 Å². The molecule has 1 heterocycles. The minimum absolute atomic E-state index is 0.829. The Balaban J connectivity index is 1.57. The lowest BCUT2D eigenvalue weighted by Crippen LogP contribution is -2.36. The summed E-state index contributed by atoms with van der Waals surface area (Å²) in [6, 6.07) is 17.3. The largest absolute Gasteiger partial charge is 0.381 e. The fourth-order valence-corrected chi connectivity index (χ4v) is 2.78. The molecule has 0 aromatic heterocycles. The van der Waals surface area contributed by atoms with Crippen molar-refractivity contribution in [2.45, 2.75) is 6.54 Å². The Morgan fingerprint density at radius 2 is 1.62 bits per heavy atom. The van der Waals surface area contributed by atoms with Gasteiger partial charge in [-0.2, -0.15) is 0 Å². The highest BCUT2D eigenvalue weighted by atomic mass is 127. The minimum atomic E-state index is 0.829. The van der Waals surface area contributed by atoms with E-state index in [4.69, 9.17) is 4.74 Å². The average molecular weight is 394 g/mol. The second-order valence-corrected chi connectivity index (χ2v) is 6.37. The monoisotopic (exact) mass is 394 g/mol. The molecule has 0 radical (unpaired) electrons. The molecule has 110 valence electrons. The normalized spacial score (nSPS) is 15.0. The van der Waals surface area contributed by atoms with Crippen LogP contribution in [0.2, 0.25) is 0 Å². The summed E-state index contributed by atoms with van der Waals surface area (Å²) in [5.41, 5.74) is 3.74. The van der Waals surface area contributed by atoms with Gasteiger partial charge in [0.05, 0.1) is 13.2 Å². The summed E-state index contributed by atoms with van der Waals surface area (Å²) < 4.78 is 6.65. The van der Waals surface area contributed by atoms with Gasteiger partial charge in [-0.05, 0) is 64.6 Å². The minimum Gasteiger partial charge on any atom is -0.381 e. The molecule has 4 heteroatoms. The molecule has 3 nitrogen and oxygen atoms in total. The van der Waals surface area contributed by atoms with Gasteiger partial charge < -0.3 is 15.0 Å². The van der Waals surface area contributed by atoms with Crippen LogP contribution in [-0.2, 0) is 11.3 Å². The maximum Gasteiger partial charge on any atom is 0.0642 e. The predicted octanol–water partition coefficient (Wildman–Crippen LogP) is 3.74. The number of nitrogens with zero attached hydrogens (tertiary/aromatic N) is 1. The van der Waals surface area contributed by atoms with E-state index in [9.17, 15) is 0 Å². The molecular formula is C17H19IN2O. The van der Waals surface area contributed by atoms with Gasteiger partial charge in [0.2, 0.25) is 0 Å². The third-order valence-corrected chi connectivity index (χ3v) is 4.37. The molecule has 1 fully saturated rings. The van der Waals surface area contributed by atoms with E-state index in [-0.39, 0.29) is 0 Å². The van der Waals surface area contributed by atoms with Crippen molar-refractivity contribution in [3.8, 4) is 0 Å². The molecular weight excluding hydrogens is 375 g/mol. The lowest BCUT2D eigenvalue weighted by Gasteiger charge is -2.28. The number of ether oxygens (including phenoxy) is 1. The van der Waals surface area contributed by atoms with Gasteiger partial charge in [-0.1, -0.05) is 12.1 Å². The summed E-state index contributed by atoms with van der Waals surface area (Å²) in [5.74, 6) is 0. The molecule has 1 aliphatic heterocycles. The molecule has 0 bridgehead atoms. The van der Waals surface area contributed by atoms with Crippen LogP contribution in [0.1, 0.15) is 5.56 Å².